The molecule has 1 aromatic rings. The van der Waals surface area contributed by atoms with Crippen LogP contribution in [0.3, 0.4) is 0 Å². The lowest BCUT2D eigenvalue weighted by Crippen LogP contribution is -2.25. The molecule has 0 spiro atoms. The van der Waals surface area contributed by atoms with Crippen LogP contribution in [0.25, 0.3) is 0 Å². The Morgan fingerprint density at radius 2 is 1.52 bits per heavy atom. The summed E-state index contributed by atoms with van der Waals surface area (Å²) in [6.07, 6.45) is 14.8. The van der Waals surface area contributed by atoms with Gasteiger partial charge in [-0.15, -0.1) is 0 Å². The number of benzene rings is 1. The van der Waals surface area contributed by atoms with E-state index >= 15 is 0 Å². The first-order valence-corrected chi connectivity index (χ1v) is 10.6. The molecule has 2 saturated carbocycles. The number of allylic oxidation sites excluding steroid dienone is 1. The van der Waals surface area contributed by atoms with E-state index in [1.807, 2.05) is 6.08 Å². The molecule has 3 rings (SSSR count). The molecule has 0 saturated heterocycles. The lowest BCUT2D eigenvalue weighted by atomic mass is 9.68. The van der Waals surface area contributed by atoms with Gasteiger partial charge in [-0.1, -0.05) is 34.1 Å². The van der Waals surface area contributed by atoms with Crippen molar-refractivity contribution in [2.45, 2.75) is 63.7 Å². The smallest absolute Gasteiger partial charge is 0.327 e. The van der Waals surface area contributed by atoms with Gasteiger partial charge in [0.05, 0.1) is 0 Å². The van der Waals surface area contributed by atoms with Gasteiger partial charge in [0.15, 0.2) is 0 Å². The summed E-state index contributed by atoms with van der Waals surface area (Å²) in [4.78, 5) is 10.6. The number of carboxylic acid groups (broad SMARTS) is 1. The molecule has 2 aliphatic carbocycles. The van der Waals surface area contributed by atoms with Crippen LogP contribution in [0.15, 0.2) is 40.9 Å². The van der Waals surface area contributed by atoms with Crippen LogP contribution in [0.5, 0.6) is 0 Å². The van der Waals surface area contributed by atoms with Gasteiger partial charge in [0.25, 0.3) is 0 Å². The van der Waals surface area contributed by atoms with Crippen molar-refractivity contribution < 1.29 is 9.90 Å². The molecule has 2 fully saturated rings. The third-order valence-corrected chi connectivity index (χ3v) is 6.93. The fourth-order valence-corrected chi connectivity index (χ4v) is 5.18. The quantitative estimate of drug-likeness (QED) is 0.563. The second-order valence-electron chi connectivity index (χ2n) is 7.92. The second kappa shape index (κ2) is 9.02. The van der Waals surface area contributed by atoms with E-state index in [2.05, 4.69) is 40.2 Å². The minimum Gasteiger partial charge on any atom is -0.478 e. The van der Waals surface area contributed by atoms with E-state index in [9.17, 15) is 4.79 Å². The molecule has 0 unspecified atom stereocenters. The summed E-state index contributed by atoms with van der Waals surface area (Å²) in [7, 11) is 0. The van der Waals surface area contributed by atoms with Gasteiger partial charge in [0.2, 0.25) is 0 Å². The van der Waals surface area contributed by atoms with Crippen LogP contribution >= 0.6 is 15.9 Å². The Balaban J connectivity index is 1.42. The first-order valence-electron chi connectivity index (χ1n) is 9.76. The molecule has 3 heteroatoms. The van der Waals surface area contributed by atoms with Crippen molar-refractivity contribution in [1.82, 2.24) is 0 Å². The topological polar surface area (TPSA) is 37.3 Å². The van der Waals surface area contributed by atoms with Crippen molar-refractivity contribution in [3.05, 3.63) is 46.5 Å². The first-order chi connectivity index (χ1) is 12.1. The molecule has 0 atom stereocenters. The molecule has 1 N–H and O–H groups in total. The van der Waals surface area contributed by atoms with Gasteiger partial charge in [0, 0.05) is 10.5 Å². The van der Waals surface area contributed by atoms with Crippen molar-refractivity contribution in [1.29, 1.82) is 0 Å². The predicted molar refractivity (Wildman–Crippen MR) is 106 cm³/mol. The number of carbonyl (C=O) groups is 1. The molecular weight excluding hydrogens is 376 g/mol. The second-order valence-corrected chi connectivity index (χ2v) is 8.84. The molecule has 0 radical (unpaired) electrons. The van der Waals surface area contributed by atoms with Gasteiger partial charge in [-0.3, -0.25) is 0 Å². The Bertz CT molecular complexity index is 577. The van der Waals surface area contributed by atoms with Gasteiger partial charge in [-0.2, -0.15) is 0 Å². The SMILES string of the molecule is O=C(O)/C=C/C[C@H]1CC[C@H]([C@H]2CC[C@H](c3ccc(Br)cc3)CC2)CC1. The van der Waals surface area contributed by atoms with Gasteiger partial charge in [0.1, 0.15) is 0 Å². The minimum atomic E-state index is -0.823. The van der Waals surface area contributed by atoms with Gasteiger partial charge >= 0.3 is 5.97 Å². The lowest BCUT2D eigenvalue weighted by molar-refractivity contribution is -0.131. The average molecular weight is 405 g/mol. The Morgan fingerprint density at radius 1 is 0.960 bits per heavy atom. The van der Waals surface area contributed by atoms with Crippen molar-refractivity contribution in [3.8, 4) is 0 Å². The van der Waals surface area contributed by atoms with E-state index in [1.165, 1.54) is 67.5 Å². The van der Waals surface area contributed by atoms with Crippen LogP contribution < -0.4 is 0 Å². The number of hydrogen-bond donors (Lipinski definition) is 1. The zero-order valence-corrected chi connectivity index (χ0v) is 16.5. The Hall–Kier alpha value is -1.09. The van der Waals surface area contributed by atoms with E-state index in [1.54, 1.807) is 0 Å². The predicted octanol–water partition coefficient (Wildman–Crippen LogP) is 6.56. The zero-order valence-electron chi connectivity index (χ0n) is 14.9. The summed E-state index contributed by atoms with van der Waals surface area (Å²) in [5, 5.41) is 8.68. The highest BCUT2D eigenvalue weighted by Crippen LogP contribution is 2.44. The first kappa shape index (κ1) is 18.7. The van der Waals surface area contributed by atoms with E-state index in [-0.39, 0.29) is 0 Å². The Morgan fingerprint density at radius 3 is 2.08 bits per heavy atom. The Kier molecular flexibility index (Phi) is 6.75. The standard InChI is InChI=1S/C22H29BrO2/c23-21-14-12-20(13-15-21)19-10-8-18(9-11-19)17-6-4-16(5-7-17)2-1-3-22(24)25/h1,3,12-19H,2,4-11H2,(H,24,25)/b3-1+/t16-,17-,18-,19-. The van der Waals surface area contributed by atoms with Crippen molar-refractivity contribution in [3.63, 3.8) is 0 Å². The van der Waals surface area contributed by atoms with Crippen LogP contribution in [-0.4, -0.2) is 11.1 Å². The summed E-state index contributed by atoms with van der Waals surface area (Å²) >= 11 is 3.53. The number of carboxylic acids is 1. The Labute approximate surface area is 159 Å². The highest BCUT2D eigenvalue weighted by atomic mass is 79.9. The van der Waals surface area contributed by atoms with E-state index in [0.717, 1.165) is 24.2 Å². The molecule has 1 aromatic carbocycles. The molecule has 0 aromatic heterocycles. The van der Waals surface area contributed by atoms with E-state index < -0.39 is 5.97 Å². The summed E-state index contributed by atoms with van der Waals surface area (Å²) in [6, 6.07) is 8.90. The van der Waals surface area contributed by atoms with Gasteiger partial charge < -0.3 is 5.11 Å². The summed E-state index contributed by atoms with van der Waals surface area (Å²) in [5.41, 5.74) is 1.51. The molecule has 2 aliphatic rings. The summed E-state index contributed by atoms with van der Waals surface area (Å²) < 4.78 is 1.17. The maximum Gasteiger partial charge on any atom is 0.327 e. The van der Waals surface area contributed by atoms with Gasteiger partial charge in [-0.05, 0) is 99.2 Å². The number of halogens is 1. The highest BCUT2D eigenvalue weighted by Gasteiger charge is 2.30. The van der Waals surface area contributed by atoms with Crippen LogP contribution in [-0.2, 0) is 4.79 Å². The van der Waals surface area contributed by atoms with Crippen LogP contribution in [0.2, 0.25) is 0 Å². The highest BCUT2D eigenvalue weighted by molar-refractivity contribution is 9.10. The molecule has 0 bridgehead atoms. The van der Waals surface area contributed by atoms with Crippen molar-refractivity contribution in [2.75, 3.05) is 0 Å². The van der Waals surface area contributed by atoms with Crippen LogP contribution in [0.1, 0.15) is 69.3 Å². The van der Waals surface area contributed by atoms with Crippen LogP contribution in [0.4, 0.5) is 0 Å². The summed E-state index contributed by atoms with van der Waals surface area (Å²) in [6.45, 7) is 0. The largest absolute Gasteiger partial charge is 0.478 e. The molecule has 25 heavy (non-hydrogen) atoms. The zero-order chi connectivity index (χ0) is 17.6. The maximum atomic E-state index is 10.6. The normalized spacial score (nSPS) is 30.4. The molecule has 0 aliphatic heterocycles. The molecule has 2 nitrogen and oxygen atoms in total. The van der Waals surface area contributed by atoms with Gasteiger partial charge in [-0.25, -0.2) is 4.79 Å². The van der Waals surface area contributed by atoms with E-state index in [4.69, 9.17) is 5.11 Å². The van der Waals surface area contributed by atoms with Crippen molar-refractivity contribution >= 4 is 21.9 Å². The third-order valence-electron chi connectivity index (χ3n) is 6.40. The minimum absolute atomic E-state index is 0.700. The van der Waals surface area contributed by atoms with E-state index in [0.29, 0.717) is 5.92 Å². The molecule has 0 heterocycles. The summed E-state index contributed by atoms with van der Waals surface area (Å²) in [5.74, 6) is 2.46. The average Bonchev–Trinajstić information content (AvgIpc) is 2.63. The number of aliphatic carboxylic acids is 1. The third kappa shape index (κ3) is 5.44. The van der Waals surface area contributed by atoms with Crippen molar-refractivity contribution in [2.24, 2.45) is 17.8 Å². The monoisotopic (exact) mass is 404 g/mol. The number of rotatable bonds is 5. The molecule has 0 amide bonds. The fraction of sp³-hybridized carbons (Fsp3) is 0.591. The lowest BCUT2D eigenvalue weighted by Gasteiger charge is -2.38. The maximum absolute atomic E-state index is 10.6. The number of hydrogen-bond acceptors (Lipinski definition) is 1. The molecular formula is C22H29BrO2. The fourth-order valence-electron chi connectivity index (χ4n) is 4.92. The molecule has 136 valence electrons. The van der Waals surface area contributed by atoms with Crippen LogP contribution in [0, 0.1) is 17.8 Å².